The van der Waals surface area contributed by atoms with Crippen molar-refractivity contribution in [1.29, 1.82) is 0 Å². The van der Waals surface area contributed by atoms with E-state index >= 15 is 0 Å². The van der Waals surface area contributed by atoms with Gasteiger partial charge in [0, 0.05) is 48.9 Å². The van der Waals surface area contributed by atoms with Crippen LogP contribution in [0.3, 0.4) is 0 Å². The van der Waals surface area contributed by atoms with E-state index in [2.05, 4.69) is 21.1 Å². The zero-order valence-corrected chi connectivity index (χ0v) is 18.3. The van der Waals surface area contributed by atoms with E-state index in [1.165, 1.54) is 0 Å². The molecular formula is C24H27N5O4. The average Bonchev–Trinajstić information content (AvgIpc) is 3.64. The number of likely N-dealkylation sites (tertiary alicyclic amines) is 1. The highest BCUT2D eigenvalue weighted by Crippen LogP contribution is 2.20. The molecule has 172 valence electrons. The summed E-state index contributed by atoms with van der Waals surface area (Å²) < 4.78 is 0. The Morgan fingerprint density at radius 3 is 2.39 bits per heavy atom. The van der Waals surface area contributed by atoms with Gasteiger partial charge in [-0.25, -0.2) is 4.79 Å². The van der Waals surface area contributed by atoms with E-state index in [0.717, 1.165) is 24.2 Å². The van der Waals surface area contributed by atoms with Crippen LogP contribution in [0.5, 0.6) is 0 Å². The molecule has 1 heterocycles. The Bertz CT molecular complexity index is 1030. The maximum atomic E-state index is 12.3. The van der Waals surface area contributed by atoms with Crippen molar-refractivity contribution in [3.05, 3.63) is 60.2 Å². The lowest BCUT2D eigenvalue weighted by Crippen LogP contribution is -2.41. The van der Waals surface area contributed by atoms with Crippen molar-refractivity contribution in [3.8, 4) is 0 Å². The molecule has 1 aliphatic carbocycles. The Kier molecular flexibility index (Phi) is 7.19. The molecule has 1 saturated heterocycles. The molecule has 9 heteroatoms. The van der Waals surface area contributed by atoms with Gasteiger partial charge in [0.05, 0.1) is 5.71 Å². The molecule has 1 aliphatic heterocycles. The molecule has 0 bridgehead atoms. The first-order valence-corrected chi connectivity index (χ1v) is 11.1. The second-order valence-electron chi connectivity index (χ2n) is 8.09. The molecule has 33 heavy (non-hydrogen) atoms. The summed E-state index contributed by atoms with van der Waals surface area (Å²) in [4.78, 5) is 43.6. The van der Waals surface area contributed by atoms with Crippen molar-refractivity contribution < 1.29 is 19.2 Å². The average molecular weight is 450 g/mol. The molecule has 4 amide bonds. The Morgan fingerprint density at radius 1 is 0.939 bits per heavy atom. The number of para-hydroxylation sites is 1. The summed E-state index contributed by atoms with van der Waals surface area (Å²) in [5.41, 5.74) is 2.59. The van der Waals surface area contributed by atoms with E-state index in [0.29, 0.717) is 37.2 Å². The van der Waals surface area contributed by atoms with E-state index in [9.17, 15) is 14.4 Å². The van der Waals surface area contributed by atoms with Crippen LogP contribution in [0.2, 0.25) is 0 Å². The molecule has 0 atom stereocenters. The van der Waals surface area contributed by atoms with Gasteiger partial charge in [0.1, 0.15) is 0 Å². The van der Waals surface area contributed by atoms with Crippen molar-refractivity contribution in [3.63, 3.8) is 0 Å². The van der Waals surface area contributed by atoms with Crippen molar-refractivity contribution in [2.24, 2.45) is 5.16 Å². The molecule has 0 radical (unpaired) electrons. The van der Waals surface area contributed by atoms with Crippen LogP contribution in [0.25, 0.3) is 0 Å². The minimum absolute atomic E-state index is 0.139. The summed E-state index contributed by atoms with van der Waals surface area (Å²) in [6, 6.07) is 16.2. The number of benzene rings is 2. The third-order valence-electron chi connectivity index (χ3n) is 5.36. The summed E-state index contributed by atoms with van der Waals surface area (Å²) in [5.74, 6) is -0.501. The third kappa shape index (κ3) is 6.80. The zero-order chi connectivity index (χ0) is 23.0. The van der Waals surface area contributed by atoms with Gasteiger partial charge in [0.2, 0.25) is 0 Å². The first-order chi connectivity index (χ1) is 16.1. The Hall–Kier alpha value is -3.88. The Morgan fingerprint density at radius 2 is 1.67 bits per heavy atom. The minimum atomic E-state index is -0.362. The lowest BCUT2D eigenvalue weighted by molar-refractivity contribution is -0.120. The second kappa shape index (κ2) is 10.6. The number of carbonyl (C=O) groups is 3. The van der Waals surface area contributed by atoms with Crippen molar-refractivity contribution >= 4 is 34.9 Å². The lowest BCUT2D eigenvalue weighted by atomic mass is 10.1. The van der Waals surface area contributed by atoms with Crippen LogP contribution in [0.1, 0.15) is 36.0 Å². The normalized spacial score (nSPS) is 15.4. The fourth-order valence-corrected chi connectivity index (χ4v) is 3.40. The minimum Gasteiger partial charge on any atom is -0.386 e. The maximum absolute atomic E-state index is 12.3. The number of urea groups is 1. The molecule has 0 aromatic heterocycles. The molecule has 4 rings (SSSR count). The first-order valence-electron chi connectivity index (χ1n) is 11.1. The number of amides is 4. The molecule has 9 nitrogen and oxygen atoms in total. The van der Waals surface area contributed by atoms with Crippen LogP contribution < -0.4 is 16.0 Å². The fourth-order valence-electron chi connectivity index (χ4n) is 3.40. The molecule has 2 aromatic rings. The molecule has 0 unspecified atom stereocenters. The molecular weight excluding hydrogens is 422 g/mol. The summed E-state index contributed by atoms with van der Waals surface area (Å²) >= 11 is 0. The second-order valence-corrected chi connectivity index (χ2v) is 8.09. The molecule has 0 spiro atoms. The number of hydrogen-bond donors (Lipinski definition) is 3. The highest BCUT2D eigenvalue weighted by Gasteiger charge is 2.24. The van der Waals surface area contributed by atoms with E-state index in [1.54, 1.807) is 29.2 Å². The van der Waals surface area contributed by atoms with Gasteiger partial charge in [-0.2, -0.15) is 0 Å². The Balaban J connectivity index is 1.18. The summed E-state index contributed by atoms with van der Waals surface area (Å²) in [7, 11) is 0. The number of oxime groups is 1. The van der Waals surface area contributed by atoms with Gasteiger partial charge in [0.25, 0.3) is 11.8 Å². The highest BCUT2D eigenvalue weighted by atomic mass is 16.6. The molecule has 1 saturated carbocycles. The van der Waals surface area contributed by atoms with Crippen LogP contribution in [0.15, 0.2) is 59.8 Å². The van der Waals surface area contributed by atoms with Gasteiger partial charge in [-0.15, -0.1) is 0 Å². The van der Waals surface area contributed by atoms with Gasteiger partial charge in [-0.05, 0) is 43.2 Å². The van der Waals surface area contributed by atoms with Crippen molar-refractivity contribution in [2.45, 2.75) is 31.7 Å². The summed E-state index contributed by atoms with van der Waals surface area (Å²) in [6.07, 6.45) is 3.20. The predicted octanol–water partition coefficient (Wildman–Crippen LogP) is 3.22. The zero-order valence-electron chi connectivity index (χ0n) is 18.3. The standard InChI is InChI=1S/C24H27N5O4/c30-22(25-21-8-4-5-17(15-21)23(31)26-19-9-10-19)16-33-28-20-11-13-29(14-12-20)24(32)27-18-6-2-1-3-7-18/h1-8,15,19H,9-14,16H2,(H,25,30)(H,26,31)(H,27,32). The number of rotatable bonds is 7. The third-order valence-corrected chi connectivity index (χ3v) is 5.36. The number of piperidine rings is 1. The number of anilines is 2. The quantitative estimate of drug-likeness (QED) is 0.564. The highest BCUT2D eigenvalue weighted by molar-refractivity contribution is 5.97. The van der Waals surface area contributed by atoms with Crippen molar-refractivity contribution in [1.82, 2.24) is 10.2 Å². The van der Waals surface area contributed by atoms with Gasteiger partial charge < -0.3 is 25.7 Å². The van der Waals surface area contributed by atoms with Crippen LogP contribution in [0, 0.1) is 0 Å². The van der Waals surface area contributed by atoms with E-state index in [1.807, 2.05) is 30.3 Å². The number of hydrogen-bond acceptors (Lipinski definition) is 5. The van der Waals surface area contributed by atoms with Crippen LogP contribution >= 0.6 is 0 Å². The largest absolute Gasteiger partial charge is 0.386 e. The fraction of sp³-hybridized carbons (Fsp3) is 0.333. The van der Waals surface area contributed by atoms with Crippen LogP contribution in [-0.4, -0.2) is 54.2 Å². The monoisotopic (exact) mass is 449 g/mol. The first kappa shape index (κ1) is 22.3. The summed E-state index contributed by atoms with van der Waals surface area (Å²) in [5, 5.41) is 12.6. The number of carbonyl (C=O) groups excluding carboxylic acids is 3. The predicted molar refractivity (Wildman–Crippen MR) is 125 cm³/mol. The number of nitrogens with one attached hydrogen (secondary N) is 3. The molecule has 3 N–H and O–H groups in total. The van der Waals surface area contributed by atoms with Crippen LogP contribution in [0.4, 0.5) is 16.2 Å². The van der Waals surface area contributed by atoms with Gasteiger partial charge in [0.15, 0.2) is 6.61 Å². The van der Waals surface area contributed by atoms with Gasteiger partial charge >= 0.3 is 6.03 Å². The molecule has 2 aliphatic rings. The summed E-state index contributed by atoms with van der Waals surface area (Å²) in [6.45, 7) is 0.825. The smallest absolute Gasteiger partial charge is 0.321 e. The van der Waals surface area contributed by atoms with Gasteiger partial charge in [-0.1, -0.05) is 29.4 Å². The SMILES string of the molecule is O=C(CON=C1CCN(C(=O)Nc2ccccc2)CC1)Nc1cccc(C(=O)NC2CC2)c1. The molecule has 2 aromatic carbocycles. The topological polar surface area (TPSA) is 112 Å². The van der Waals surface area contributed by atoms with Crippen molar-refractivity contribution in [2.75, 3.05) is 30.3 Å². The molecule has 2 fully saturated rings. The van der Waals surface area contributed by atoms with Crippen LogP contribution in [-0.2, 0) is 9.63 Å². The van der Waals surface area contributed by atoms with E-state index in [4.69, 9.17) is 4.84 Å². The van der Waals surface area contributed by atoms with E-state index in [-0.39, 0.29) is 30.5 Å². The number of nitrogens with zero attached hydrogens (tertiary/aromatic N) is 2. The lowest BCUT2D eigenvalue weighted by Gasteiger charge is -2.27. The Labute approximate surface area is 192 Å². The van der Waals surface area contributed by atoms with E-state index < -0.39 is 0 Å². The maximum Gasteiger partial charge on any atom is 0.321 e. The van der Waals surface area contributed by atoms with Gasteiger partial charge in [-0.3, -0.25) is 9.59 Å².